The first-order valence-corrected chi connectivity index (χ1v) is 7.66. The molecular formula is C19H13FO5. The number of fused-ring (bicyclic) bond motifs is 3. The summed E-state index contributed by atoms with van der Waals surface area (Å²) in [7, 11) is 1.25. The second kappa shape index (κ2) is 5.73. The van der Waals surface area contributed by atoms with Crippen molar-refractivity contribution in [2.45, 2.75) is 12.0 Å². The maximum atomic E-state index is 13.3. The lowest BCUT2D eigenvalue weighted by atomic mass is 9.88. The van der Waals surface area contributed by atoms with E-state index in [9.17, 15) is 14.0 Å². The number of para-hydroxylation sites is 1. The molecule has 0 saturated carbocycles. The molecule has 1 aliphatic heterocycles. The second-order valence-corrected chi connectivity index (χ2v) is 5.72. The number of halogens is 1. The summed E-state index contributed by atoms with van der Waals surface area (Å²) < 4.78 is 29.3. The smallest absolute Gasteiger partial charge is 0.348 e. The number of ether oxygens (including phenoxy) is 2. The molecule has 0 bridgehead atoms. The van der Waals surface area contributed by atoms with Crippen LogP contribution >= 0.6 is 0 Å². The standard InChI is InChI=1S/C19H13FO5/c1-23-19(22)17-14(10-6-8-11(20)9-7-10)15-16(25-17)12-4-2-3-5-13(12)24-18(15)21/h2-9,14,17H,1H3/t14-,17-/m1/s1. The number of carbonyl (C=O) groups excluding carboxylic acids is 1. The molecule has 126 valence electrons. The van der Waals surface area contributed by atoms with Gasteiger partial charge >= 0.3 is 11.6 Å². The topological polar surface area (TPSA) is 65.7 Å². The van der Waals surface area contributed by atoms with E-state index < -0.39 is 29.4 Å². The van der Waals surface area contributed by atoms with Gasteiger partial charge in [0.25, 0.3) is 0 Å². The maximum absolute atomic E-state index is 13.3. The molecule has 5 nitrogen and oxygen atoms in total. The summed E-state index contributed by atoms with van der Waals surface area (Å²) in [4.78, 5) is 24.8. The van der Waals surface area contributed by atoms with Crippen LogP contribution in [0.25, 0.3) is 11.0 Å². The molecule has 0 aliphatic carbocycles. The van der Waals surface area contributed by atoms with Crippen molar-refractivity contribution in [1.29, 1.82) is 0 Å². The van der Waals surface area contributed by atoms with Gasteiger partial charge in [-0.1, -0.05) is 24.3 Å². The predicted molar refractivity (Wildman–Crippen MR) is 87.2 cm³/mol. The van der Waals surface area contributed by atoms with Gasteiger partial charge in [-0.05, 0) is 29.8 Å². The minimum absolute atomic E-state index is 0.237. The van der Waals surface area contributed by atoms with Crippen LogP contribution in [-0.2, 0) is 9.53 Å². The fourth-order valence-corrected chi connectivity index (χ4v) is 3.19. The quantitative estimate of drug-likeness (QED) is 0.530. The van der Waals surface area contributed by atoms with E-state index in [0.29, 0.717) is 22.3 Å². The third-order valence-corrected chi connectivity index (χ3v) is 4.32. The van der Waals surface area contributed by atoms with Gasteiger partial charge in [-0.3, -0.25) is 0 Å². The van der Waals surface area contributed by atoms with Crippen LogP contribution in [0.4, 0.5) is 4.39 Å². The third kappa shape index (κ3) is 2.38. The van der Waals surface area contributed by atoms with Crippen LogP contribution in [0.1, 0.15) is 17.0 Å². The van der Waals surface area contributed by atoms with Crippen molar-refractivity contribution < 1.29 is 23.1 Å². The summed E-state index contributed by atoms with van der Waals surface area (Å²) in [6.45, 7) is 0. The maximum Gasteiger partial charge on any atom is 0.348 e. The van der Waals surface area contributed by atoms with Crippen molar-refractivity contribution in [3.63, 3.8) is 0 Å². The van der Waals surface area contributed by atoms with Gasteiger partial charge in [0.1, 0.15) is 17.1 Å². The van der Waals surface area contributed by atoms with Crippen LogP contribution in [0.3, 0.4) is 0 Å². The van der Waals surface area contributed by atoms with Gasteiger partial charge in [-0.25, -0.2) is 14.0 Å². The molecule has 0 unspecified atom stereocenters. The zero-order valence-electron chi connectivity index (χ0n) is 13.2. The van der Waals surface area contributed by atoms with Gasteiger partial charge < -0.3 is 13.9 Å². The van der Waals surface area contributed by atoms with E-state index >= 15 is 0 Å². The lowest BCUT2D eigenvalue weighted by Crippen LogP contribution is -2.31. The first-order chi connectivity index (χ1) is 12.1. The number of hydrogen-bond acceptors (Lipinski definition) is 5. The number of methoxy groups -OCH3 is 1. The Labute approximate surface area is 141 Å². The summed E-state index contributed by atoms with van der Waals surface area (Å²) >= 11 is 0. The van der Waals surface area contributed by atoms with Gasteiger partial charge in [0.2, 0.25) is 6.10 Å². The number of esters is 1. The molecule has 0 fully saturated rings. The van der Waals surface area contributed by atoms with Crippen LogP contribution < -0.4 is 10.4 Å². The van der Waals surface area contributed by atoms with E-state index in [2.05, 4.69) is 0 Å². The molecule has 0 amide bonds. The average molecular weight is 340 g/mol. The SMILES string of the molecule is COC(=O)[C@@H]1Oc2c(c(=O)oc3ccccc23)[C@H]1c1ccc(F)cc1. The molecule has 3 aromatic rings. The van der Waals surface area contributed by atoms with Crippen molar-refractivity contribution in [2.24, 2.45) is 0 Å². The van der Waals surface area contributed by atoms with Crippen LogP contribution in [0, 0.1) is 5.82 Å². The fraction of sp³-hybridized carbons (Fsp3) is 0.158. The zero-order valence-corrected chi connectivity index (χ0v) is 13.2. The highest BCUT2D eigenvalue weighted by Crippen LogP contribution is 2.44. The first-order valence-electron chi connectivity index (χ1n) is 7.66. The average Bonchev–Trinajstić information content (AvgIpc) is 3.03. The van der Waals surface area contributed by atoms with Crippen LogP contribution in [-0.4, -0.2) is 19.2 Å². The Kier molecular flexibility index (Phi) is 3.53. The van der Waals surface area contributed by atoms with Crippen LogP contribution in [0.5, 0.6) is 5.75 Å². The molecule has 0 saturated heterocycles. The fourth-order valence-electron chi connectivity index (χ4n) is 3.19. The third-order valence-electron chi connectivity index (χ3n) is 4.32. The largest absolute Gasteiger partial charge is 0.476 e. The van der Waals surface area contributed by atoms with Gasteiger partial charge in [0.05, 0.1) is 24.0 Å². The van der Waals surface area contributed by atoms with E-state index in [-0.39, 0.29) is 5.56 Å². The Balaban J connectivity index is 1.98. The molecule has 6 heteroatoms. The van der Waals surface area contributed by atoms with Gasteiger partial charge in [-0.2, -0.15) is 0 Å². The Morgan fingerprint density at radius 2 is 1.84 bits per heavy atom. The zero-order chi connectivity index (χ0) is 17.6. The molecular weight excluding hydrogens is 327 g/mol. The number of rotatable bonds is 2. The first kappa shape index (κ1) is 15.4. The van der Waals surface area contributed by atoms with Crippen molar-refractivity contribution in [3.8, 4) is 5.75 Å². The van der Waals surface area contributed by atoms with Crippen LogP contribution in [0.15, 0.2) is 57.7 Å². The van der Waals surface area contributed by atoms with Gasteiger partial charge in [0.15, 0.2) is 0 Å². The molecule has 25 heavy (non-hydrogen) atoms. The lowest BCUT2D eigenvalue weighted by Gasteiger charge is -2.16. The highest BCUT2D eigenvalue weighted by molar-refractivity contribution is 5.88. The summed E-state index contributed by atoms with van der Waals surface area (Å²) in [5, 5.41) is 0.593. The normalized spacial score (nSPS) is 18.6. The molecule has 0 spiro atoms. The molecule has 2 atom stereocenters. The van der Waals surface area contributed by atoms with E-state index in [1.165, 1.54) is 31.4 Å². The summed E-state index contributed by atoms with van der Waals surface area (Å²) in [5.74, 6) is -1.46. The minimum atomic E-state index is -1.04. The highest BCUT2D eigenvalue weighted by atomic mass is 19.1. The highest BCUT2D eigenvalue weighted by Gasteiger charge is 2.44. The van der Waals surface area contributed by atoms with E-state index in [4.69, 9.17) is 13.9 Å². The second-order valence-electron chi connectivity index (χ2n) is 5.72. The molecule has 2 heterocycles. The molecule has 1 aliphatic rings. The molecule has 1 aromatic heterocycles. The molecule has 0 N–H and O–H groups in total. The van der Waals surface area contributed by atoms with Gasteiger partial charge in [-0.15, -0.1) is 0 Å². The number of benzene rings is 2. The summed E-state index contributed by atoms with van der Waals surface area (Å²) in [6, 6.07) is 12.5. The van der Waals surface area contributed by atoms with Crippen molar-refractivity contribution >= 4 is 16.9 Å². The summed E-state index contributed by atoms with van der Waals surface area (Å²) in [6.07, 6.45) is -1.04. The molecule has 2 aromatic carbocycles. The Morgan fingerprint density at radius 1 is 1.12 bits per heavy atom. The lowest BCUT2D eigenvalue weighted by molar-refractivity contribution is -0.148. The van der Waals surface area contributed by atoms with E-state index in [0.717, 1.165) is 0 Å². The predicted octanol–water partition coefficient (Wildman–Crippen LogP) is 3.00. The van der Waals surface area contributed by atoms with E-state index in [1.54, 1.807) is 24.3 Å². The summed E-state index contributed by atoms with van der Waals surface area (Å²) in [5.41, 5.74) is 0.586. The molecule has 4 rings (SSSR count). The monoisotopic (exact) mass is 340 g/mol. The van der Waals surface area contributed by atoms with Crippen molar-refractivity contribution in [1.82, 2.24) is 0 Å². The van der Waals surface area contributed by atoms with Crippen LogP contribution in [0.2, 0.25) is 0 Å². The Bertz CT molecular complexity index is 1020. The molecule has 0 radical (unpaired) electrons. The van der Waals surface area contributed by atoms with Crippen molar-refractivity contribution in [2.75, 3.05) is 7.11 Å². The number of carbonyl (C=O) groups is 1. The van der Waals surface area contributed by atoms with E-state index in [1.807, 2.05) is 0 Å². The van der Waals surface area contributed by atoms with Crippen molar-refractivity contribution in [3.05, 3.63) is 75.9 Å². The Morgan fingerprint density at radius 3 is 2.56 bits per heavy atom. The minimum Gasteiger partial charge on any atom is -0.476 e. The number of hydrogen-bond donors (Lipinski definition) is 0. The van der Waals surface area contributed by atoms with Gasteiger partial charge in [0, 0.05) is 0 Å². The Hall–Kier alpha value is -3.15.